The van der Waals surface area contributed by atoms with Crippen LogP contribution in [0.25, 0.3) is 0 Å². The molecule has 27 heavy (non-hydrogen) atoms. The summed E-state index contributed by atoms with van der Waals surface area (Å²) >= 11 is 0. The van der Waals surface area contributed by atoms with Gasteiger partial charge in [-0.15, -0.1) is 0 Å². The number of hydrogen-bond donors (Lipinski definition) is 2. The lowest BCUT2D eigenvalue weighted by atomic mass is 9.96. The van der Waals surface area contributed by atoms with Crippen LogP contribution in [0.1, 0.15) is 24.8 Å². The quantitative estimate of drug-likeness (QED) is 0.574. The van der Waals surface area contributed by atoms with E-state index < -0.39 is 0 Å². The Morgan fingerprint density at radius 3 is 2.48 bits per heavy atom. The molecule has 144 valence electrons. The minimum atomic E-state index is 0.357. The van der Waals surface area contributed by atoms with Crippen LogP contribution < -0.4 is 24.8 Å². The van der Waals surface area contributed by atoms with Gasteiger partial charge in [0.15, 0.2) is 17.5 Å². The highest BCUT2D eigenvalue weighted by molar-refractivity contribution is 5.93. The topological polar surface area (TPSA) is 64.1 Å². The van der Waals surface area contributed by atoms with Gasteiger partial charge in [0, 0.05) is 30.9 Å². The van der Waals surface area contributed by atoms with Crippen molar-refractivity contribution < 1.29 is 14.2 Å². The van der Waals surface area contributed by atoms with Gasteiger partial charge in [-0.1, -0.05) is 18.2 Å². The fourth-order valence-corrected chi connectivity index (χ4v) is 2.84. The molecule has 1 aliphatic carbocycles. The summed E-state index contributed by atoms with van der Waals surface area (Å²) in [5.41, 5.74) is 1.97. The maximum Gasteiger partial charge on any atom is 0.195 e. The second kappa shape index (κ2) is 9.16. The third-order valence-corrected chi connectivity index (χ3v) is 4.63. The normalized spacial score (nSPS) is 14.3. The van der Waals surface area contributed by atoms with Gasteiger partial charge < -0.3 is 24.8 Å². The van der Waals surface area contributed by atoms with Crippen molar-refractivity contribution in [2.45, 2.75) is 31.9 Å². The van der Waals surface area contributed by atoms with Crippen LogP contribution in [0.5, 0.6) is 17.2 Å². The number of aliphatic imine (C=N–C) groups is 1. The number of ether oxygens (including phenoxy) is 3. The summed E-state index contributed by atoms with van der Waals surface area (Å²) in [6.07, 6.45) is 3.90. The monoisotopic (exact) mass is 369 g/mol. The lowest BCUT2D eigenvalue weighted by Crippen LogP contribution is -2.31. The van der Waals surface area contributed by atoms with Gasteiger partial charge >= 0.3 is 0 Å². The van der Waals surface area contributed by atoms with Crippen LogP contribution in [0.4, 0.5) is 5.69 Å². The molecule has 0 aromatic heterocycles. The molecule has 0 bridgehead atoms. The number of methoxy groups -OCH3 is 2. The predicted octanol–water partition coefficient (Wildman–Crippen LogP) is 3.82. The number of para-hydroxylation sites is 1. The third kappa shape index (κ3) is 4.84. The number of anilines is 1. The van der Waals surface area contributed by atoms with E-state index in [4.69, 9.17) is 14.2 Å². The first-order valence-electron chi connectivity index (χ1n) is 9.17. The standard InChI is InChI=1S/C21H27N3O3/c1-22-21(24-16-11-12-19(25-2)20(13-16)26-3)23-14-15-7-4-5-10-18(15)27-17-8-6-9-17/h4-5,7,10-13,17H,6,8-9,14H2,1-3H3,(H2,22,23,24). The van der Waals surface area contributed by atoms with E-state index in [1.807, 2.05) is 36.4 Å². The average molecular weight is 369 g/mol. The number of benzene rings is 2. The first kappa shape index (κ1) is 18.9. The van der Waals surface area contributed by atoms with E-state index >= 15 is 0 Å². The van der Waals surface area contributed by atoms with E-state index in [9.17, 15) is 0 Å². The molecule has 6 heteroatoms. The molecule has 0 aliphatic heterocycles. The fourth-order valence-electron chi connectivity index (χ4n) is 2.84. The predicted molar refractivity (Wildman–Crippen MR) is 108 cm³/mol. The summed E-state index contributed by atoms with van der Waals surface area (Å²) in [6, 6.07) is 13.8. The van der Waals surface area contributed by atoms with Crippen LogP contribution >= 0.6 is 0 Å². The first-order chi connectivity index (χ1) is 13.2. The summed E-state index contributed by atoms with van der Waals surface area (Å²) in [4.78, 5) is 4.30. The van der Waals surface area contributed by atoms with Crippen molar-refractivity contribution in [3.8, 4) is 17.2 Å². The molecule has 0 saturated heterocycles. The van der Waals surface area contributed by atoms with E-state index in [1.165, 1.54) is 6.42 Å². The number of hydrogen-bond acceptors (Lipinski definition) is 4. The zero-order valence-corrected chi connectivity index (χ0v) is 16.1. The van der Waals surface area contributed by atoms with Gasteiger partial charge in [0.25, 0.3) is 0 Å². The SMILES string of the molecule is CN=C(NCc1ccccc1OC1CCC1)Nc1ccc(OC)c(OC)c1. The van der Waals surface area contributed by atoms with Gasteiger partial charge in [-0.05, 0) is 37.5 Å². The van der Waals surface area contributed by atoms with Crippen molar-refractivity contribution in [1.29, 1.82) is 0 Å². The Hall–Kier alpha value is -2.89. The summed E-state index contributed by atoms with van der Waals surface area (Å²) in [6.45, 7) is 0.621. The Morgan fingerprint density at radius 2 is 1.81 bits per heavy atom. The number of nitrogens with zero attached hydrogens (tertiary/aromatic N) is 1. The molecule has 3 rings (SSSR count). The molecule has 0 atom stereocenters. The summed E-state index contributed by atoms with van der Waals surface area (Å²) in [5, 5.41) is 6.61. The molecule has 2 N–H and O–H groups in total. The van der Waals surface area contributed by atoms with Crippen LogP contribution in [-0.2, 0) is 6.54 Å². The minimum absolute atomic E-state index is 0.357. The highest BCUT2D eigenvalue weighted by atomic mass is 16.5. The Labute approximate surface area is 160 Å². The molecule has 0 amide bonds. The van der Waals surface area contributed by atoms with Gasteiger partial charge in [0.05, 0.1) is 20.3 Å². The van der Waals surface area contributed by atoms with E-state index in [0.29, 0.717) is 30.1 Å². The van der Waals surface area contributed by atoms with Crippen molar-refractivity contribution in [1.82, 2.24) is 5.32 Å². The molecule has 1 aliphatic rings. The van der Waals surface area contributed by atoms with Crippen LogP contribution in [-0.4, -0.2) is 33.3 Å². The largest absolute Gasteiger partial charge is 0.493 e. The van der Waals surface area contributed by atoms with Gasteiger partial charge in [-0.2, -0.15) is 0 Å². The van der Waals surface area contributed by atoms with Crippen molar-refractivity contribution in [2.75, 3.05) is 26.6 Å². The van der Waals surface area contributed by atoms with Crippen molar-refractivity contribution >= 4 is 11.6 Å². The molecule has 1 saturated carbocycles. The van der Waals surface area contributed by atoms with E-state index in [2.05, 4.69) is 21.7 Å². The van der Waals surface area contributed by atoms with E-state index in [1.54, 1.807) is 21.3 Å². The van der Waals surface area contributed by atoms with Gasteiger partial charge in [-0.3, -0.25) is 4.99 Å². The second-order valence-electron chi connectivity index (χ2n) is 6.40. The van der Waals surface area contributed by atoms with Crippen LogP contribution in [0.2, 0.25) is 0 Å². The van der Waals surface area contributed by atoms with Crippen molar-refractivity contribution in [3.63, 3.8) is 0 Å². The van der Waals surface area contributed by atoms with Gasteiger partial charge in [0.2, 0.25) is 0 Å². The van der Waals surface area contributed by atoms with Crippen molar-refractivity contribution in [2.24, 2.45) is 4.99 Å². The first-order valence-corrected chi connectivity index (χ1v) is 9.17. The summed E-state index contributed by atoms with van der Waals surface area (Å²) < 4.78 is 16.7. The maximum absolute atomic E-state index is 6.09. The van der Waals surface area contributed by atoms with Crippen molar-refractivity contribution in [3.05, 3.63) is 48.0 Å². The molecule has 2 aromatic carbocycles. The Bertz CT molecular complexity index is 788. The summed E-state index contributed by atoms with van der Waals surface area (Å²) in [5.74, 6) is 2.96. The molecule has 0 heterocycles. The molecule has 0 unspecified atom stereocenters. The lowest BCUT2D eigenvalue weighted by molar-refractivity contribution is 0.119. The Kier molecular flexibility index (Phi) is 6.41. The Morgan fingerprint density at radius 1 is 1.04 bits per heavy atom. The zero-order valence-electron chi connectivity index (χ0n) is 16.1. The summed E-state index contributed by atoms with van der Waals surface area (Å²) in [7, 11) is 4.98. The lowest BCUT2D eigenvalue weighted by Gasteiger charge is -2.27. The third-order valence-electron chi connectivity index (χ3n) is 4.63. The fraction of sp³-hybridized carbons (Fsp3) is 0.381. The minimum Gasteiger partial charge on any atom is -0.493 e. The molecule has 1 fully saturated rings. The molecular formula is C21H27N3O3. The molecule has 2 aromatic rings. The number of nitrogens with one attached hydrogen (secondary N) is 2. The number of rotatable bonds is 7. The second-order valence-corrected chi connectivity index (χ2v) is 6.40. The Balaban J connectivity index is 1.63. The average Bonchev–Trinajstić information content (AvgIpc) is 2.68. The zero-order chi connectivity index (χ0) is 19.1. The van der Waals surface area contributed by atoms with Crippen LogP contribution in [0, 0.1) is 0 Å². The number of guanidine groups is 1. The van der Waals surface area contributed by atoms with Crippen LogP contribution in [0.3, 0.4) is 0 Å². The smallest absolute Gasteiger partial charge is 0.195 e. The molecule has 0 radical (unpaired) electrons. The molecule has 0 spiro atoms. The van der Waals surface area contributed by atoms with E-state index in [-0.39, 0.29) is 0 Å². The molecular weight excluding hydrogens is 342 g/mol. The highest BCUT2D eigenvalue weighted by Gasteiger charge is 2.20. The van der Waals surface area contributed by atoms with Gasteiger partial charge in [-0.25, -0.2) is 0 Å². The van der Waals surface area contributed by atoms with Gasteiger partial charge in [0.1, 0.15) is 5.75 Å². The highest BCUT2D eigenvalue weighted by Crippen LogP contribution is 2.30. The molecule has 6 nitrogen and oxygen atoms in total. The maximum atomic E-state index is 6.09. The van der Waals surface area contributed by atoms with E-state index in [0.717, 1.165) is 29.8 Å². The van der Waals surface area contributed by atoms with Crippen LogP contribution in [0.15, 0.2) is 47.5 Å².